The van der Waals surface area contributed by atoms with E-state index >= 15 is 0 Å². The second-order valence-electron chi connectivity index (χ2n) is 6.45. The molecule has 2 saturated heterocycles. The lowest BCUT2D eigenvalue weighted by Gasteiger charge is -2.38. The predicted molar refractivity (Wildman–Crippen MR) is 85.9 cm³/mol. The molecule has 0 radical (unpaired) electrons. The standard InChI is InChI=1S/C14H18N6O6/c1-6(22)16-13-17-10-7(11(24)18-13)15-5-20(10)12-8-9(23)14(4-21,25-12)3-19(2)26-8/h5,8-9,12,21,23H,3-4H2,1-2H3,(H2,16,17,18,22,24)/t8?,9?,12-,14-/m1/s1. The van der Waals surface area contributed by atoms with Gasteiger partial charge in [0.15, 0.2) is 23.5 Å². The lowest BCUT2D eigenvalue weighted by molar-refractivity contribution is -0.256. The van der Waals surface area contributed by atoms with E-state index < -0.39 is 42.1 Å². The highest BCUT2D eigenvalue weighted by molar-refractivity contribution is 5.87. The molecule has 2 aliphatic heterocycles. The molecule has 0 aliphatic carbocycles. The maximum Gasteiger partial charge on any atom is 0.280 e. The maximum atomic E-state index is 12.2. The van der Waals surface area contributed by atoms with E-state index in [1.807, 2.05) is 0 Å². The monoisotopic (exact) mass is 366 g/mol. The zero-order chi connectivity index (χ0) is 18.6. The van der Waals surface area contributed by atoms with Crippen LogP contribution < -0.4 is 10.9 Å². The van der Waals surface area contributed by atoms with Crippen molar-refractivity contribution in [3.05, 3.63) is 16.7 Å². The second kappa shape index (κ2) is 5.82. The fraction of sp³-hybridized carbons (Fsp3) is 0.571. The molecule has 2 fully saturated rings. The van der Waals surface area contributed by atoms with Crippen molar-refractivity contribution >= 4 is 23.0 Å². The minimum Gasteiger partial charge on any atom is -0.393 e. The first-order chi connectivity index (χ1) is 12.3. The number of hydrogen-bond acceptors (Lipinski definition) is 9. The molecule has 4 rings (SSSR count). The molecule has 1 amide bonds. The quantitative estimate of drug-likeness (QED) is 0.480. The first-order valence-electron chi connectivity index (χ1n) is 7.94. The maximum absolute atomic E-state index is 12.2. The average molecular weight is 366 g/mol. The van der Waals surface area contributed by atoms with Gasteiger partial charge in [-0.25, -0.2) is 4.98 Å². The van der Waals surface area contributed by atoms with E-state index in [9.17, 15) is 19.8 Å². The van der Waals surface area contributed by atoms with Gasteiger partial charge < -0.3 is 14.9 Å². The van der Waals surface area contributed by atoms with Gasteiger partial charge in [0.2, 0.25) is 11.9 Å². The number of hydroxylamine groups is 2. The van der Waals surface area contributed by atoms with Gasteiger partial charge in [0.25, 0.3) is 5.56 Å². The van der Waals surface area contributed by atoms with Crippen molar-refractivity contribution in [3.63, 3.8) is 0 Å². The smallest absolute Gasteiger partial charge is 0.280 e. The molecular formula is C14H18N6O6. The Morgan fingerprint density at radius 2 is 2.35 bits per heavy atom. The van der Waals surface area contributed by atoms with Crippen molar-refractivity contribution < 1.29 is 24.6 Å². The summed E-state index contributed by atoms with van der Waals surface area (Å²) < 4.78 is 7.38. The van der Waals surface area contributed by atoms with Crippen LogP contribution in [0.3, 0.4) is 0 Å². The van der Waals surface area contributed by atoms with Gasteiger partial charge in [0.05, 0.1) is 19.5 Å². The van der Waals surface area contributed by atoms with Crippen molar-refractivity contribution in [2.45, 2.75) is 31.0 Å². The first-order valence-corrected chi connectivity index (χ1v) is 7.94. The fourth-order valence-electron chi connectivity index (χ4n) is 3.43. The fourth-order valence-corrected chi connectivity index (χ4v) is 3.43. The summed E-state index contributed by atoms with van der Waals surface area (Å²) in [6, 6.07) is 0. The van der Waals surface area contributed by atoms with Gasteiger partial charge >= 0.3 is 0 Å². The number of amides is 1. The van der Waals surface area contributed by atoms with Crippen LogP contribution in [-0.2, 0) is 14.4 Å². The summed E-state index contributed by atoms with van der Waals surface area (Å²) in [6.07, 6.45) is -1.44. The summed E-state index contributed by atoms with van der Waals surface area (Å²) in [4.78, 5) is 39.7. The Labute approximate surface area is 146 Å². The normalized spacial score (nSPS) is 31.5. The Morgan fingerprint density at radius 1 is 1.58 bits per heavy atom. The third-order valence-corrected chi connectivity index (χ3v) is 4.55. The molecule has 0 aromatic carbocycles. The topological polar surface area (TPSA) is 155 Å². The summed E-state index contributed by atoms with van der Waals surface area (Å²) >= 11 is 0. The van der Waals surface area contributed by atoms with E-state index in [0.717, 1.165) is 0 Å². The highest BCUT2D eigenvalue weighted by atomic mass is 16.7. The minimum absolute atomic E-state index is 0.0341. The molecule has 2 aromatic rings. The molecule has 0 spiro atoms. The number of aromatic amines is 1. The molecule has 26 heavy (non-hydrogen) atoms. The van der Waals surface area contributed by atoms with Crippen LogP contribution in [0.5, 0.6) is 0 Å². The number of nitrogens with one attached hydrogen (secondary N) is 2. The van der Waals surface area contributed by atoms with Crippen molar-refractivity contribution in [1.29, 1.82) is 0 Å². The number of carbonyl (C=O) groups excluding carboxylic acids is 1. The summed E-state index contributed by atoms with van der Waals surface area (Å²) in [6.45, 7) is 1.04. The number of imidazole rings is 1. The number of nitrogens with zero attached hydrogens (tertiary/aromatic N) is 4. The van der Waals surface area contributed by atoms with E-state index in [1.165, 1.54) is 22.9 Å². The Balaban J connectivity index is 1.81. The minimum atomic E-state index is -1.22. The van der Waals surface area contributed by atoms with Crippen molar-refractivity contribution in [2.75, 3.05) is 25.5 Å². The number of ether oxygens (including phenoxy) is 1. The molecule has 0 saturated carbocycles. The molecular weight excluding hydrogens is 348 g/mol. The molecule has 12 nitrogen and oxygen atoms in total. The van der Waals surface area contributed by atoms with Crippen LogP contribution in [-0.4, -0.2) is 78.7 Å². The van der Waals surface area contributed by atoms with Gasteiger partial charge in [-0.05, 0) is 0 Å². The van der Waals surface area contributed by atoms with E-state index in [-0.39, 0.29) is 23.7 Å². The SMILES string of the molecule is CC(=O)Nc1nc2c(ncn2[C@@H]2O[C@@]3(CO)CN(C)OC2C3O)c(=O)[nH]1. The molecule has 4 N–H and O–H groups in total. The van der Waals surface area contributed by atoms with Crippen LogP contribution in [0.4, 0.5) is 5.95 Å². The third-order valence-electron chi connectivity index (χ3n) is 4.55. The van der Waals surface area contributed by atoms with Crippen LogP contribution in [0, 0.1) is 0 Å². The van der Waals surface area contributed by atoms with Gasteiger partial charge in [0, 0.05) is 14.0 Å². The largest absolute Gasteiger partial charge is 0.393 e. The highest BCUT2D eigenvalue weighted by Gasteiger charge is 2.60. The van der Waals surface area contributed by atoms with E-state index in [2.05, 4.69) is 20.3 Å². The van der Waals surface area contributed by atoms with Crippen molar-refractivity contribution in [2.24, 2.45) is 0 Å². The Kier molecular flexibility index (Phi) is 3.82. The first kappa shape index (κ1) is 17.1. The van der Waals surface area contributed by atoms with E-state index in [0.29, 0.717) is 0 Å². The third kappa shape index (κ3) is 2.42. The van der Waals surface area contributed by atoms with Gasteiger partial charge in [0.1, 0.15) is 11.7 Å². The van der Waals surface area contributed by atoms with Gasteiger partial charge in [-0.2, -0.15) is 10.0 Å². The van der Waals surface area contributed by atoms with E-state index in [1.54, 1.807) is 7.05 Å². The van der Waals surface area contributed by atoms with Crippen LogP contribution in [0.15, 0.2) is 11.1 Å². The number of fused-ring (bicyclic) bond motifs is 3. The molecule has 4 heterocycles. The van der Waals surface area contributed by atoms with Crippen molar-refractivity contribution in [1.82, 2.24) is 24.6 Å². The molecule has 12 heteroatoms. The number of aliphatic hydroxyl groups excluding tert-OH is 2. The number of rotatable bonds is 3. The lowest BCUT2D eigenvalue weighted by Crippen LogP contribution is -2.58. The van der Waals surface area contributed by atoms with E-state index in [4.69, 9.17) is 9.57 Å². The summed E-state index contributed by atoms with van der Waals surface area (Å²) in [7, 11) is 1.67. The van der Waals surface area contributed by atoms with Gasteiger partial charge in [-0.15, -0.1) is 0 Å². The van der Waals surface area contributed by atoms with Crippen molar-refractivity contribution in [3.8, 4) is 0 Å². The number of aromatic nitrogens is 4. The summed E-state index contributed by atoms with van der Waals surface area (Å²) in [5, 5.41) is 24.2. The average Bonchev–Trinajstić information content (AvgIpc) is 3.04. The Bertz CT molecular complexity index is 926. The lowest BCUT2D eigenvalue weighted by atomic mass is 9.94. The summed E-state index contributed by atoms with van der Waals surface area (Å²) in [5.41, 5.74) is -1.55. The Hall–Kier alpha value is -2.38. The van der Waals surface area contributed by atoms with Crippen LogP contribution in [0.1, 0.15) is 13.2 Å². The van der Waals surface area contributed by atoms with Gasteiger partial charge in [-0.3, -0.25) is 29.3 Å². The summed E-state index contributed by atoms with van der Waals surface area (Å²) in [5.74, 6) is -0.431. The Morgan fingerprint density at radius 3 is 3.04 bits per heavy atom. The van der Waals surface area contributed by atoms with Crippen LogP contribution in [0.2, 0.25) is 0 Å². The zero-order valence-electron chi connectivity index (χ0n) is 14.0. The number of likely N-dealkylation sites (N-methyl/N-ethyl adjacent to an activating group) is 1. The predicted octanol–water partition coefficient (Wildman–Crippen LogP) is -2.06. The number of anilines is 1. The zero-order valence-corrected chi connectivity index (χ0v) is 14.0. The molecule has 2 aromatic heterocycles. The van der Waals surface area contributed by atoms with Crippen LogP contribution >= 0.6 is 0 Å². The van der Waals surface area contributed by atoms with Gasteiger partial charge in [-0.1, -0.05) is 0 Å². The number of aliphatic hydroxyl groups is 2. The molecule has 4 atom stereocenters. The molecule has 140 valence electrons. The highest BCUT2D eigenvalue weighted by Crippen LogP contribution is 2.43. The second-order valence-corrected chi connectivity index (χ2v) is 6.45. The number of carbonyl (C=O) groups is 1. The molecule has 2 aliphatic rings. The number of H-pyrrole nitrogens is 1. The molecule has 2 unspecified atom stereocenters. The number of hydrogen-bond donors (Lipinski definition) is 4. The molecule has 2 bridgehead atoms. The van der Waals surface area contributed by atoms with Crippen LogP contribution in [0.25, 0.3) is 11.2 Å².